The van der Waals surface area contributed by atoms with Crippen LogP contribution in [-0.4, -0.2) is 5.78 Å². The maximum atomic E-state index is 12.1. The van der Waals surface area contributed by atoms with Gasteiger partial charge in [-0.1, -0.05) is 50.5 Å². The van der Waals surface area contributed by atoms with E-state index in [0.29, 0.717) is 11.7 Å². The summed E-state index contributed by atoms with van der Waals surface area (Å²) in [6, 6.07) is 8.11. The second-order valence-corrected chi connectivity index (χ2v) is 4.83. The van der Waals surface area contributed by atoms with Crippen LogP contribution in [0.1, 0.15) is 54.9 Å². The third kappa shape index (κ3) is 2.52. The molecule has 0 saturated carbocycles. The number of aryl methyl sites for hydroxylation is 1. The van der Waals surface area contributed by atoms with Gasteiger partial charge in [-0.25, -0.2) is 0 Å². The fraction of sp³-hybridized carbons (Fsp3) is 0.533. The summed E-state index contributed by atoms with van der Waals surface area (Å²) in [7, 11) is 0. The van der Waals surface area contributed by atoms with Gasteiger partial charge >= 0.3 is 0 Å². The summed E-state index contributed by atoms with van der Waals surface area (Å²) in [5, 5.41) is 0. The number of carbonyl (C=O) groups excluding carboxylic acids is 1. The smallest absolute Gasteiger partial charge is 0.163 e. The Labute approximate surface area is 97.9 Å². The Morgan fingerprint density at radius 1 is 1.31 bits per heavy atom. The standard InChI is InChI=1S/C15H20O/c1-2-3-6-12-9-10-13-7-4-5-8-14(13)15(16)11-12/h4-5,7-8,12H,2-3,6,9-11H2,1H3. The van der Waals surface area contributed by atoms with E-state index < -0.39 is 0 Å². The third-order valence-electron chi connectivity index (χ3n) is 3.58. The molecular weight excluding hydrogens is 196 g/mol. The van der Waals surface area contributed by atoms with E-state index in [1.165, 1.54) is 31.2 Å². The van der Waals surface area contributed by atoms with Crippen molar-refractivity contribution in [1.29, 1.82) is 0 Å². The Morgan fingerprint density at radius 2 is 2.12 bits per heavy atom. The molecule has 0 N–H and O–H groups in total. The number of benzene rings is 1. The van der Waals surface area contributed by atoms with E-state index in [1.54, 1.807) is 0 Å². The first kappa shape index (κ1) is 11.4. The lowest BCUT2D eigenvalue weighted by Crippen LogP contribution is -2.06. The Kier molecular flexibility index (Phi) is 3.76. The zero-order valence-electron chi connectivity index (χ0n) is 10.0. The van der Waals surface area contributed by atoms with Crippen LogP contribution in [0, 0.1) is 5.92 Å². The average molecular weight is 216 g/mol. The van der Waals surface area contributed by atoms with E-state index in [1.807, 2.05) is 18.2 Å². The zero-order chi connectivity index (χ0) is 11.4. The average Bonchev–Trinajstić information content (AvgIpc) is 2.47. The molecule has 0 aliphatic heterocycles. The highest BCUT2D eigenvalue weighted by molar-refractivity contribution is 5.97. The van der Waals surface area contributed by atoms with Gasteiger partial charge in [0, 0.05) is 12.0 Å². The van der Waals surface area contributed by atoms with E-state index in [-0.39, 0.29) is 0 Å². The van der Waals surface area contributed by atoms with Gasteiger partial charge in [-0.05, 0) is 24.3 Å². The molecule has 2 rings (SSSR count). The molecule has 0 saturated heterocycles. The van der Waals surface area contributed by atoms with Gasteiger partial charge in [0.2, 0.25) is 0 Å². The summed E-state index contributed by atoms with van der Waals surface area (Å²) in [4.78, 5) is 12.1. The molecule has 86 valence electrons. The summed E-state index contributed by atoms with van der Waals surface area (Å²) < 4.78 is 0. The van der Waals surface area contributed by atoms with Gasteiger partial charge in [-0.2, -0.15) is 0 Å². The van der Waals surface area contributed by atoms with Crippen molar-refractivity contribution in [3.63, 3.8) is 0 Å². The maximum absolute atomic E-state index is 12.1. The monoisotopic (exact) mass is 216 g/mol. The molecule has 1 atom stereocenters. The van der Waals surface area contributed by atoms with Crippen LogP contribution < -0.4 is 0 Å². The third-order valence-corrected chi connectivity index (χ3v) is 3.58. The summed E-state index contributed by atoms with van der Waals surface area (Å²) >= 11 is 0. The summed E-state index contributed by atoms with van der Waals surface area (Å²) in [5.41, 5.74) is 2.23. The second-order valence-electron chi connectivity index (χ2n) is 4.83. The van der Waals surface area contributed by atoms with Crippen LogP contribution in [0.5, 0.6) is 0 Å². The van der Waals surface area contributed by atoms with Crippen LogP contribution in [-0.2, 0) is 6.42 Å². The quantitative estimate of drug-likeness (QED) is 0.698. The molecule has 1 aliphatic carbocycles. The van der Waals surface area contributed by atoms with E-state index in [2.05, 4.69) is 13.0 Å². The van der Waals surface area contributed by atoms with Crippen molar-refractivity contribution >= 4 is 5.78 Å². The van der Waals surface area contributed by atoms with Gasteiger partial charge in [0.25, 0.3) is 0 Å². The lowest BCUT2D eigenvalue weighted by molar-refractivity contribution is 0.0961. The van der Waals surface area contributed by atoms with Crippen LogP contribution in [0.4, 0.5) is 0 Å². The van der Waals surface area contributed by atoms with Gasteiger partial charge < -0.3 is 0 Å². The van der Waals surface area contributed by atoms with Crippen molar-refractivity contribution < 1.29 is 4.79 Å². The highest BCUT2D eigenvalue weighted by atomic mass is 16.1. The lowest BCUT2D eigenvalue weighted by Gasteiger charge is -2.11. The molecule has 1 aliphatic rings. The maximum Gasteiger partial charge on any atom is 0.163 e. The summed E-state index contributed by atoms with van der Waals surface area (Å²) in [5.74, 6) is 0.967. The molecule has 0 fully saturated rings. The highest BCUT2D eigenvalue weighted by Gasteiger charge is 2.21. The zero-order valence-corrected chi connectivity index (χ0v) is 10.0. The molecule has 0 heterocycles. The predicted octanol–water partition coefficient (Wildman–Crippen LogP) is 4.01. The van der Waals surface area contributed by atoms with Crippen LogP contribution in [0.3, 0.4) is 0 Å². The Hall–Kier alpha value is -1.11. The molecule has 1 nitrogen and oxygen atoms in total. The SMILES string of the molecule is CCCCC1CCc2ccccc2C(=O)C1. The molecule has 0 radical (unpaired) electrons. The topological polar surface area (TPSA) is 17.1 Å². The highest BCUT2D eigenvalue weighted by Crippen LogP contribution is 2.27. The molecular formula is C15H20O. The first-order valence-corrected chi connectivity index (χ1v) is 6.42. The van der Waals surface area contributed by atoms with Gasteiger partial charge in [0.1, 0.15) is 0 Å². The Balaban J connectivity index is 2.10. The van der Waals surface area contributed by atoms with Crippen molar-refractivity contribution in [3.05, 3.63) is 35.4 Å². The number of carbonyl (C=O) groups is 1. The lowest BCUT2D eigenvalue weighted by atomic mass is 9.93. The normalized spacial score (nSPS) is 20.3. The second kappa shape index (κ2) is 5.29. The van der Waals surface area contributed by atoms with Crippen LogP contribution in [0.25, 0.3) is 0 Å². The minimum atomic E-state index is 0.356. The number of Topliss-reactive ketones (excluding diaryl/α,β-unsaturated/α-hetero) is 1. The predicted molar refractivity (Wildman–Crippen MR) is 66.7 cm³/mol. The minimum Gasteiger partial charge on any atom is -0.294 e. The van der Waals surface area contributed by atoms with Gasteiger partial charge in [-0.15, -0.1) is 0 Å². The van der Waals surface area contributed by atoms with Crippen LogP contribution in [0.2, 0.25) is 0 Å². The van der Waals surface area contributed by atoms with Crippen LogP contribution in [0.15, 0.2) is 24.3 Å². The summed E-state index contributed by atoms with van der Waals surface area (Å²) in [6.45, 7) is 2.22. The molecule has 1 aromatic carbocycles. The van der Waals surface area contributed by atoms with E-state index in [0.717, 1.165) is 18.4 Å². The Bertz CT molecular complexity index is 367. The number of ketones is 1. The number of hydrogen-bond acceptors (Lipinski definition) is 1. The van der Waals surface area contributed by atoms with Crippen molar-refractivity contribution in [2.75, 3.05) is 0 Å². The van der Waals surface area contributed by atoms with Crippen molar-refractivity contribution in [1.82, 2.24) is 0 Å². The number of fused-ring (bicyclic) bond motifs is 1. The van der Waals surface area contributed by atoms with Gasteiger partial charge in [0.15, 0.2) is 5.78 Å². The minimum absolute atomic E-state index is 0.356. The molecule has 0 bridgehead atoms. The van der Waals surface area contributed by atoms with Crippen LogP contribution >= 0.6 is 0 Å². The number of rotatable bonds is 3. The number of hydrogen-bond donors (Lipinski definition) is 0. The van der Waals surface area contributed by atoms with Crippen molar-refractivity contribution in [2.45, 2.75) is 45.4 Å². The molecule has 0 spiro atoms. The van der Waals surface area contributed by atoms with Gasteiger partial charge in [0.05, 0.1) is 0 Å². The first-order valence-electron chi connectivity index (χ1n) is 6.42. The molecule has 0 amide bonds. The van der Waals surface area contributed by atoms with E-state index >= 15 is 0 Å². The molecule has 0 aromatic heterocycles. The van der Waals surface area contributed by atoms with E-state index in [4.69, 9.17) is 0 Å². The fourth-order valence-corrected chi connectivity index (χ4v) is 2.58. The van der Waals surface area contributed by atoms with Crippen molar-refractivity contribution in [3.8, 4) is 0 Å². The molecule has 16 heavy (non-hydrogen) atoms. The Morgan fingerprint density at radius 3 is 2.94 bits per heavy atom. The number of unbranched alkanes of at least 4 members (excludes halogenated alkanes) is 1. The molecule has 1 heteroatoms. The van der Waals surface area contributed by atoms with Crippen molar-refractivity contribution in [2.24, 2.45) is 5.92 Å². The largest absolute Gasteiger partial charge is 0.294 e. The summed E-state index contributed by atoms with van der Waals surface area (Å²) in [6.07, 6.45) is 6.73. The van der Waals surface area contributed by atoms with Gasteiger partial charge in [-0.3, -0.25) is 4.79 Å². The van der Waals surface area contributed by atoms with E-state index in [9.17, 15) is 4.79 Å². The molecule has 1 unspecified atom stereocenters. The molecule has 1 aromatic rings. The first-order chi connectivity index (χ1) is 7.81. The fourth-order valence-electron chi connectivity index (χ4n) is 2.58.